The van der Waals surface area contributed by atoms with E-state index in [-0.39, 0.29) is 11.9 Å². The minimum Gasteiger partial charge on any atom is -0.369 e. The van der Waals surface area contributed by atoms with Crippen LogP contribution in [-0.2, 0) is 9.53 Å². The largest absolute Gasteiger partial charge is 0.369 e. The van der Waals surface area contributed by atoms with Crippen LogP contribution in [0.25, 0.3) is 0 Å². The van der Waals surface area contributed by atoms with E-state index in [1.807, 2.05) is 6.26 Å². The first-order chi connectivity index (χ1) is 6.47. The van der Waals surface area contributed by atoms with Crippen molar-refractivity contribution in [1.82, 2.24) is 5.32 Å². The van der Waals surface area contributed by atoms with Gasteiger partial charge < -0.3 is 10.1 Å². The van der Waals surface area contributed by atoms with Crippen molar-refractivity contribution in [3.63, 3.8) is 0 Å². The second kappa shape index (κ2) is 6.30. The number of carbonyl (C=O) groups excluding carboxylic acids is 1. The van der Waals surface area contributed by atoms with Gasteiger partial charge in [0.2, 0.25) is 0 Å². The molecule has 0 aromatic heterocycles. The van der Waals surface area contributed by atoms with Crippen LogP contribution in [0.1, 0.15) is 27.2 Å². The lowest BCUT2D eigenvalue weighted by molar-refractivity contribution is -0.140. The molecule has 1 unspecified atom stereocenters. The Hall–Kier alpha value is -0.220. The zero-order valence-electron chi connectivity index (χ0n) is 9.72. The molecule has 0 aliphatic heterocycles. The number of nitrogens with one attached hydrogen (secondary N) is 1. The van der Waals surface area contributed by atoms with E-state index in [9.17, 15) is 4.79 Å². The Morgan fingerprint density at radius 2 is 2.14 bits per heavy atom. The average Bonchev–Trinajstić information content (AvgIpc) is 2.16. The van der Waals surface area contributed by atoms with Gasteiger partial charge in [0.15, 0.2) is 0 Å². The molecule has 0 bridgehead atoms. The maximum Gasteiger partial charge on any atom is 0.251 e. The van der Waals surface area contributed by atoms with E-state index in [1.54, 1.807) is 32.7 Å². The summed E-state index contributed by atoms with van der Waals surface area (Å²) in [5.74, 6) is 0.906. The third-order valence-corrected chi connectivity index (χ3v) is 2.99. The maximum atomic E-state index is 11.7. The first-order valence-corrected chi connectivity index (χ1v) is 6.22. The van der Waals surface area contributed by atoms with E-state index in [4.69, 9.17) is 4.74 Å². The van der Waals surface area contributed by atoms with Crippen LogP contribution in [0, 0.1) is 0 Å². The average molecular weight is 219 g/mol. The molecular formula is C10H21NO2S. The van der Waals surface area contributed by atoms with Crippen molar-refractivity contribution < 1.29 is 9.53 Å². The number of rotatable bonds is 6. The fourth-order valence-electron chi connectivity index (χ4n) is 0.915. The highest BCUT2D eigenvalue weighted by atomic mass is 32.2. The summed E-state index contributed by atoms with van der Waals surface area (Å²) in [6, 6.07) is 0.243. The second-order valence-corrected chi connectivity index (χ2v) is 4.66. The smallest absolute Gasteiger partial charge is 0.251 e. The fourth-order valence-corrected chi connectivity index (χ4v) is 1.64. The van der Waals surface area contributed by atoms with E-state index < -0.39 is 5.60 Å². The Kier molecular flexibility index (Phi) is 6.20. The summed E-state index contributed by atoms with van der Waals surface area (Å²) < 4.78 is 5.10. The van der Waals surface area contributed by atoms with Crippen molar-refractivity contribution in [3.8, 4) is 0 Å². The van der Waals surface area contributed by atoms with Gasteiger partial charge in [-0.3, -0.25) is 4.79 Å². The van der Waals surface area contributed by atoms with Gasteiger partial charge in [-0.25, -0.2) is 0 Å². The van der Waals surface area contributed by atoms with Gasteiger partial charge in [0.05, 0.1) is 0 Å². The van der Waals surface area contributed by atoms with Crippen LogP contribution in [0.2, 0.25) is 0 Å². The highest BCUT2D eigenvalue weighted by Crippen LogP contribution is 2.09. The summed E-state index contributed by atoms with van der Waals surface area (Å²) in [7, 11) is 1.55. The number of ether oxygens (including phenoxy) is 1. The van der Waals surface area contributed by atoms with Crippen molar-refractivity contribution in [2.75, 3.05) is 19.1 Å². The highest BCUT2D eigenvalue weighted by molar-refractivity contribution is 7.98. The zero-order chi connectivity index (χ0) is 11.2. The van der Waals surface area contributed by atoms with Crippen molar-refractivity contribution in [2.24, 2.45) is 0 Å². The topological polar surface area (TPSA) is 38.3 Å². The molecule has 0 spiro atoms. The van der Waals surface area contributed by atoms with Gasteiger partial charge in [-0.05, 0) is 26.5 Å². The third kappa shape index (κ3) is 4.33. The fraction of sp³-hybridized carbons (Fsp3) is 0.900. The Balaban J connectivity index is 4.15. The molecule has 1 amide bonds. The molecular weight excluding hydrogens is 198 g/mol. The van der Waals surface area contributed by atoms with Gasteiger partial charge in [0, 0.05) is 18.9 Å². The summed E-state index contributed by atoms with van der Waals surface area (Å²) in [5, 5.41) is 2.97. The molecule has 3 nitrogen and oxygen atoms in total. The van der Waals surface area contributed by atoms with Crippen molar-refractivity contribution in [1.29, 1.82) is 0 Å². The zero-order valence-corrected chi connectivity index (χ0v) is 10.5. The van der Waals surface area contributed by atoms with Gasteiger partial charge in [0.1, 0.15) is 5.60 Å². The van der Waals surface area contributed by atoms with Gasteiger partial charge >= 0.3 is 0 Å². The lowest BCUT2D eigenvalue weighted by Crippen LogP contribution is -2.48. The molecule has 0 heterocycles. The summed E-state index contributed by atoms with van der Waals surface area (Å²) in [6.07, 6.45) is 2.99. The van der Waals surface area contributed by atoms with Gasteiger partial charge in [0.25, 0.3) is 5.91 Å². The van der Waals surface area contributed by atoms with E-state index in [0.717, 1.165) is 12.2 Å². The standard InChI is InChI=1S/C10H21NO2S/c1-6-8(7-14-5)11-9(12)10(2,3)13-4/h8H,6-7H2,1-5H3,(H,11,12). The number of amides is 1. The quantitative estimate of drug-likeness (QED) is 0.738. The number of carbonyl (C=O) groups is 1. The molecule has 0 aliphatic rings. The molecule has 0 fully saturated rings. The van der Waals surface area contributed by atoms with Crippen LogP contribution >= 0.6 is 11.8 Å². The lowest BCUT2D eigenvalue weighted by Gasteiger charge is -2.25. The summed E-state index contributed by atoms with van der Waals surface area (Å²) in [4.78, 5) is 11.7. The van der Waals surface area contributed by atoms with E-state index in [2.05, 4.69) is 12.2 Å². The van der Waals surface area contributed by atoms with Crippen LogP contribution in [0.5, 0.6) is 0 Å². The van der Waals surface area contributed by atoms with Gasteiger partial charge in [-0.15, -0.1) is 0 Å². The second-order valence-electron chi connectivity index (χ2n) is 3.75. The number of thioether (sulfide) groups is 1. The summed E-state index contributed by atoms with van der Waals surface area (Å²) >= 11 is 1.74. The minimum absolute atomic E-state index is 0.0408. The van der Waals surface area contributed by atoms with Crippen molar-refractivity contribution in [2.45, 2.75) is 38.8 Å². The Morgan fingerprint density at radius 3 is 2.50 bits per heavy atom. The molecule has 0 saturated heterocycles. The normalized spacial score (nSPS) is 13.8. The molecule has 4 heteroatoms. The molecule has 14 heavy (non-hydrogen) atoms. The summed E-state index contributed by atoms with van der Waals surface area (Å²) in [6.45, 7) is 5.61. The number of hydrogen-bond donors (Lipinski definition) is 1. The molecule has 0 rings (SSSR count). The lowest BCUT2D eigenvalue weighted by atomic mass is 10.1. The molecule has 84 valence electrons. The number of methoxy groups -OCH3 is 1. The van der Waals surface area contributed by atoms with E-state index in [0.29, 0.717) is 0 Å². The third-order valence-electron chi connectivity index (χ3n) is 2.25. The van der Waals surface area contributed by atoms with Crippen LogP contribution in [-0.4, -0.2) is 36.7 Å². The van der Waals surface area contributed by atoms with Crippen LogP contribution in [0.4, 0.5) is 0 Å². The van der Waals surface area contributed by atoms with Gasteiger partial charge in [-0.2, -0.15) is 11.8 Å². The first-order valence-electron chi connectivity index (χ1n) is 4.83. The monoisotopic (exact) mass is 219 g/mol. The highest BCUT2D eigenvalue weighted by Gasteiger charge is 2.28. The molecule has 1 atom stereocenters. The molecule has 0 radical (unpaired) electrons. The Morgan fingerprint density at radius 1 is 1.57 bits per heavy atom. The van der Waals surface area contributed by atoms with Crippen LogP contribution < -0.4 is 5.32 Å². The molecule has 0 saturated carbocycles. The van der Waals surface area contributed by atoms with Crippen LogP contribution in [0.3, 0.4) is 0 Å². The molecule has 0 aliphatic carbocycles. The molecule has 1 N–H and O–H groups in total. The van der Waals surface area contributed by atoms with Crippen molar-refractivity contribution in [3.05, 3.63) is 0 Å². The minimum atomic E-state index is -0.730. The van der Waals surface area contributed by atoms with Gasteiger partial charge in [-0.1, -0.05) is 6.92 Å². The Bertz CT molecular complexity index is 183. The molecule has 0 aromatic rings. The van der Waals surface area contributed by atoms with E-state index >= 15 is 0 Å². The SMILES string of the molecule is CCC(CSC)NC(=O)C(C)(C)OC. The van der Waals surface area contributed by atoms with Crippen LogP contribution in [0.15, 0.2) is 0 Å². The molecule has 0 aromatic carbocycles. The maximum absolute atomic E-state index is 11.7. The van der Waals surface area contributed by atoms with E-state index in [1.165, 1.54) is 0 Å². The number of hydrogen-bond acceptors (Lipinski definition) is 3. The predicted octanol–water partition coefficient (Wildman–Crippen LogP) is 1.67. The Labute approximate surface area is 91.0 Å². The first kappa shape index (κ1) is 13.8. The predicted molar refractivity (Wildman–Crippen MR) is 61.7 cm³/mol. The van der Waals surface area contributed by atoms with Crippen molar-refractivity contribution >= 4 is 17.7 Å². The summed E-state index contributed by atoms with van der Waals surface area (Å²) in [5.41, 5.74) is -0.730.